The topological polar surface area (TPSA) is 72.9 Å². The van der Waals surface area contributed by atoms with Gasteiger partial charge in [-0.3, -0.25) is 9.48 Å². The van der Waals surface area contributed by atoms with Gasteiger partial charge in [0.15, 0.2) is 0 Å². The van der Waals surface area contributed by atoms with Crippen molar-refractivity contribution in [1.82, 2.24) is 9.78 Å². The maximum atomic E-state index is 11.8. The fraction of sp³-hybridized carbons (Fsp3) is 0.286. The zero-order valence-electron chi connectivity index (χ0n) is 11.4. The van der Waals surface area contributed by atoms with E-state index in [1.165, 1.54) is 0 Å². The van der Waals surface area contributed by atoms with Crippen molar-refractivity contribution in [3.8, 4) is 0 Å². The highest BCUT2D eigenvalue weighted by atomic mass is 35.5. The molecule has 0 radical (unpaired) electrons. The molecule has 1 amide bonds. The second-order valence-corrected chi connectivity index (χ2v) is 4.33. The summed E-state index contributed by atoms with van der Waals surface area (Å²) in [6.07, 6.45) is 4.51. The highest BCUT2D eigenvalue weighted by Gasteiger charge is 2.06. The fourth-order valence-corrected chi connectivity index (χ4v) is 1.83. The summed E-state index contributed by atoms with van der Waals surface area (Å²) in [4.78, 5) is 11.8. The number of rotatable bonds is 5. The van der Waals surface area contributed by atoms with Crippen molar-refractivity contribution >= 4 is 29.7 Å². The van der Waals surface area contributed by atoms with Crippen molar-refractivity contribution in [2.45, 2.75) is 26.3 Å². The summed E-state index contributed by atoms with van der Waals surface area (Å²) in [6, 6.07) is 7.60. The van der Waals surface area contributed by atoms with Crippen LogP contribution in [-0.4, -0.2) is 15.7 Å². The number of hydrogen-bond acceptors (Lipinski definition) is 3. The molecule has 0 unspecified atom stereocenters. The van der Waals surface area contributed by atoms with Crippen LogP contribution in [0.1, 0.15) is 18.9 Å². The van der Waals surface area contributed by atoms with Gasteiger partial charge in [-0.15, -0.1) is 12.4 Å². The largest absolute Gasteiger partial charge is 0.399 e. The van der Waals surface area contributed by atoms with E-state index < -0.39 is 0 Å². The molecule has 0 saturated heterocycles. The first-order chi connectivity index (χ1) is 9.19. The van der Waals surface area contributed by atoms with E-state index in [4.69, 9.17) is 5.73 Å². The molecule has 2 rings (SSSR count). The number of para-hydroxylation sites is 1. The lowest BCUT2D eigenvalue weighted by Crippen LogP contribution is -2.12. The Bertz CT molecular complexity index is 568. The van der Waals surface area contributed by atoms with Gasteiger partial charge in [0, 0.05) is 24.8 Å². The molecule has 2 aromatic rings. The van der Waals surface area contributed by atoms with Gasteiger partial charge in [0.05, 0.1) is 11.9 Å². The molecule has 0 fully saturated rings. The van der Waals surface area contributed by atoms with Gasteiger partial charge >= 0.3 is 0 Å². The summed E-state index contributed by atoms with van der Waals surface area (Å²) in [6.45, 7) is 2.78. The van der Waals surface area contributed by atoms with Gasteiger partial charge in [-0.1, -0.05) is 18.2 Å². The van der Waals surface area contributed by atoms with Crippen molar-refractivity contribution in [2.24, 2.45) is 0 Å². The highest BCUT2D eigenvalue weighted by Crippen LogP contribution is 2.13. The number of halogens is 1. The van der Waals surface area contributed by atoms with Crippen LogP contribution in [0, 0.1) is 0 Å². The number of carbonyl (C=O) groups excluding carboxylic acids is 1. The van der Waals surface area contributed by atoms with Crippen LogP contribution in [0.25, 0.3) is 0 Å². The number of aromatic nitrogens is 2. The lowest BCUT2D eigenvalue weighted by Gasteiger charge is -2.05. The molecular weight excluding hydrogens is 276 g/mol. The van der Waals surface area contributed by atoms with Crippen molar-refractivity contribution < 1.29 is 4.79 Å². The van der Waals surface area contributed by atoms with Crippen molar-refractivity contribution in [3.05, 3.63) is 42.2 Å². The van der Waals surface area contributed by atoms with E-state index in [9.17, 15) is 4.79 Å². The number of nitrogens with two attached hydrogens (primary N) is 1. The van der Waals surface area contributed by atoms with Crippen LogP contribution in [0.5, 0.6) is 0 Å². The normalized spacial score (nSPS) is 9.85. The molecule has 0 saturated carbocycles. The molecule has 1 aromatic heterocycles. The Morgan fingerprint density at radius 3 is 2.80 bits per heavy atom. The Kier molecular flexibility index (Phi) is 6.06. The van der Waals surface area contributed by atoms with Gasteiger partial charge in [-0.25, -0.2) is 0 Å². The van der Waals surface area contributed by atoms with Crippen LogP contribution >= 0.6 is 12.4 Å². The molecule has 3 N–H and O–H groups in total. The molecule has 0 aliphatic rings. The van der Waals surface area contributed by atoms with Crippen LogP contribution in [-0.2, 0) is 17.8 Å². The Labute approximate surface area is 124 Å². The third-order valence-corrected chi connectivity index (χ3v) is 2.92. The van der Waals surface area contributed by atoms with E-state index in [2.05, 4.69) is 10.4 Å². The summed E-state index contributed by atoms with van der Waals surface area (Å²) < 4.78 is 1.77. The summed E-state index contributed by atoms with van der Waals surface area (Å²) in [5.41, 5.74) is 8.30. The number of nitrogens with zero attached hydrogens (tertiary/aromatic N) is 2. The fourth-order valence-electron chi connectivity index (χ4n) is 1.83. The summed E-state index contributed by atoms with van der Waals surface area (Å²) >= 11 is 0. The monoisotopic (exact) mass is 294 g/mol. The highest BCUT2D eigenvalue weighted by molar-refractivity contribution is 5.90. The molecule has 1 heterocycles. The van der Waals surface area contributed by atoms with Crippen molar-refractivity contribution in [1.29, 1.82) is 0 Å². The van der Waals surface area contributed by atoms with E-state index in [0.717, 1.165) is 23.5 Å². The number of benzene rings is 1. The number of carbonyl (C=O) groups is 1. The third kappa shape index (κ3) is 4.28. The van der Waals surface area contributed by atoms with Crippen LogP contribution in [0.4, 0.5) is 11.4 Å². The summed E-state index contributed by atoms with van der Waals surface area (Å²) in [5.74, 6) is -0.0288. The first-order valence-electron chi connectivity index (χ1n) is 6.34. The Balaban J connectivity index is 0.00000200. The predicted octanol–water partition coefficient (Wildman–Crippen LogP) is 2.48. The Morgan fingerprint density at radius 2 is 2.15 bits per heavy atom. The van der Waals surface area contributed by atoms with Gasteiger partial charge in [0.25, 0.3) is 0 Å². The first-order valence-corrected chi connectivity index (χ1v) is 6.34. The molecule has 0 bridgehead atoms. The molecule has 1 aromatic carbocycles. The lowest BCUT2D eigenvalue weighted by atomic mass is 10.1. The average Bonchev–Trinajstić information content (AvgIpc) is 2.85. The minimum atomic E-state index is -0.0288. The number of anilines is 2. The van der Waals surface area contributed by atoms with E-state index in [-0.39, 0.29) is 18.3 Å². The second-order valence-electron chi connectivity index (χ2n) is 4.33. The van der Waals surface area contributed by atoms with Crippen LogP contribution in [0.2, 0.25) is 0 Å². The van der Waals surface area contributed by atoms with E-state index in [0.29, 0.717) is 12.8 Å². The quantitative estimate of drug-likeness (QED) is 0.832. The van der Waals surface area contributed by atoms with Gasteiger partial charge in [-0.2, -0.15) is 5.10 Å². The molecule has 5 nitrogen and oxygen atoms in total. The number of amides is 1. The van der Waals surface area contributed by atoms with E-state index in [1.807, 2.05) is 37.4 Å². The number of hydrogen-bond donors (Lipinski definition) is 2. The zero-order valence-corrected chi connectivity index (χ0v) is 12.2. The summed E-state index contributed by atoms with van der Waals surface area (Å²) in [5, 5.41) is 6.93. The van der Waals surface area contributed by atoms with Gasteiger partial charge < -0.3 is 11.1 Å². The molecule has 20 heavy (non-hydrogen) atoms. The zero-order chi connectivity index (χ0) is 13.7. The molecule has 0 atom stereocenters. The Hall–Kier alpha value is -2.01. The van der Waals surface area contributed by atoms with Gasteiger partial charge in [0.2, 0.25) is 5.91 Å². The second kappa shape index (κ2) is 7.55. The lowest BCUT2D eigenvalue weighted by molar-refractivity contribution is -0.116. The molecule has 6 heteroatoms. The number of nitrogens with one attached hydrogen (secondary N) is 1. The van der Waals surface area contributed by atoms with Crippen LogP contribution in [0.15, 0.2) is 36.7 Å². The molecule has 0 spiro atoms. The van der Waals surface area contributed by atoms with Crippen LogP contribution < -0.4 is 11.1 Å². The van der Waals surface area contributed by atoms with Crippen LogP contribution in [0.3, 0.4) is 0 Å². The number of aryl methyl sites for hydroxylation is 2. The standard InChI is InChI=1S/C14H18N4O.ClH/c1-2-18-10-12(9-16-18)17-14(19)8-7-11-5-3-4-6-13(11)15;/h3-6,9-10H,2,7-8,15H2,1H3,(H,17,19);1H. The minimum Gasteiger partial charge on any atom is -0.399 e. The van der Waals surface area contributed by atoms with Crippen molar-refractivity contribution in [2.75, 3.05) is 11.1 Å². The molecule has 108 valence electrons. The molecule has 0 aliphatic carbocycles. The first kappa shape index (κ1) is 16.0. The minimum absolute atomic E-state index is 0. The van der Waals surface area contributed by atoms with E-state index >= 15 is 0 Å². The smallest absolute Gasteiger partial charge is 0.224 e. The molecule has 0 aliphatic heterocycles. The number of nitrogen functional groups attached to an aromatic ring is 1. The molecular formula is C14H19ClN4O. The Morgan fingerprint density at radius 1 is 1.40 bits per heavy atom. The van der Waals surface area contributed by atoms with Gasteiger partial charge in [0.1, 0.15) is 0 Å². The van der Waals surface area contributed by atoms with Crippen molar-refractivity contribution in [3.63, 3.8) is 0 Å². The van der Waals surface area contributed by atoms with E-state index in [1.54, 1.807) is 10.9 Å². The maximum Gasteiger partial charge on any atom is 0.224 e. The third-order valence-electron chi connectivity index (χ3n) is 2.92. The average molecular weight is 295 g/mol. The maximum absolute atomic E-state index is 11.8. The van der Waals surface area contributed by atoms with Gasteiger partial charge in [-0.05, 0) is 25.0 Å². The predicted molar refractivity (Wildman–Crippen MR) is 83.0 cm³/mol. The SMILES string of the molecule is CCn1cc(NC(=O)CCc2ccccc2N)cn1.Cl. The summed E-state index contributed by atoms with van der Waals surface area (Å²) in [7, 11) is 0.